The highest BCUT2D eigenvalue weighted by atomic mass is 19.4. The van der Waals surface area contributed by atoms with Crippen molar-refractivity contribution in [1.29, 1.82) is 0 Å². The molecule has 1 aromatic rings. The first-order chi connectivity index (χ1) is 13.6. The number of aliphatic hydroxyl groups is 1. The zero-order valence-corrected chi connectivity index (χ0v) is 15.5. The van der Waals surface area contributed by atoms with Crippen LogP contribution in [0.4, 0.5) is 22.0 Å². The van der Waals surface area contributed by atoms with Gasteiger partial charge < -0.3 is 15.3 Å². The third-order valence-electron chi connectivity index (χ3n) is 4.69. The van der Waals surface area contributed by atoms with Gasteiger partial charge >= 0.3 is 12.1 Å². The summed E-state index contributed by atoms with van der Waals surface area (Å²) in [5.41, 5.74) is 5.19. The molecule has 1 saturated heterocycles. The van der Waals surface area contributed by atoms with Gasteiger partial charge in [-0.25, -0.2) is 5.01 Å². The highest BCUT2D eigenvalue weighted by molar-refractivity contribution is 6.02. The van der Waals surface area contributed by atoms with E-state index in [0.29, 0.717) is 17.8 Å². The Kier molecular flexibility index (Phi) is 5.95. The van der Waals surface area contributed by atoms with Gasteiger partial charge in [-0.1, -0.05) is 30.4 Å². The molecule has 1 aliphatic carbocycles. The average molecular weight is 417 g/mol. The van der Waals surface area contributed by atoms with E-state index < -0.39 is 18.7 Å². The number of allylic oxidation sites excluding steroid dienone is 2. The van der Waals surface area contributed by atoms with E-state index in [1.807, 2.05) is 18.1 Å². The van der Waals surface area contributed by atoms with E-state index in [1.165, 1.54) is 12.1 Å². The van der Waals surface area contributed by atoms with Crippen LogP contribution in [0.2, 0.25) is 0 Å². The van der Waals surface area contributed by atoms with Crippen LogP contribution in [-0.4, -0.2) is 60.9 Å². The van der Waals surface area contributed by atoms with Gasteiger partial charge in [0.1, 0.15) is 11.6 Å². The fourth-order valence-corrected chi connectivity index (χ4v) is 3.18. The quantitative estimate of drug-likeness (QED) is 0.699. The molecule has 2 aliphatic rings. The number of para-hydroxylation sites is 1. The third kappa shape index (κ3) is 4.43. The largest absolute Gasteiger partial charge is 0.486 e. The molecule has 158 valence electrons. The second kappa shape index (κ2) is 8.11. The summed E-state index contributed by atoms with van der Waals surface area (Å²) in [5, 5.41) is 10.8. The molecular formula is C19H20F5N3O2. The number of fused-ring (bicyclic) bond motifs is 1. The minimum atomic E-state index is -5.67. The van der Waals surface area contributed by atoms with Crippen molar-refractivity contribution in [3.8, 4) is 5.75 Å². The normalized spacial score (nSPS) is 21.5. The molecule has 0 bridgehead atoms. The van der Waals surface area contributed by atoms with Crippen LogP contribution in [0, 0.1) is 0 Å². The summed E-state index contributed by atoms with van der Waals surface area (Å²) in [6, 6.07) is 6.06. The van der Waals surface area contributed by atoms with Gasteiger partial charge in [-0.2, -0.15) is 22.0 Å². The predicted octanol–water partition coefficient (Wildman–Crippen LogP) is 3.19. The van der Waals surface area contributed by atoms with Crippen molar-refractivity contribution in [3.63, 3.8) is 0 Å². The maximum atomic E-state index is 13.2. The van der Waals surface area contributed by atoms with Gasteiger partial charge in [-0.3, -0.25) is 4.99 Å². The number of nitrogens with one attached hydrogen (secondary N) is 1. The first kappa shape index (κ1) is 21.3. The zero-order valence-electron chi connectivity index (χ0n) is 15.5. The Morgan fingerprint density at radius 2 is 1.93 bits per heavy atom. The van der Waals surface area contributed by atoms with Crippen LogP contribution in [0.25, 0.3) is 5.57 Å². The molecule has 1 aromatic carbocycles. The molecule has 0 spiro atoms. The smallest absolute Gasteiger partial charge is 0.456 e. The number of likely N-dealkylation sites (N-methyl/N-ethyl adjacent to an activating group) is 1. The molecule has 0 saturated carbocycles. The number of alkyl halides is 5. The molecule has 29 heavy (non-hydrogen) atoms. The monoisotopic (exact) mass is 417 g/mol. The second-order valence-corrected chi connectivity index (χ2v) is 6.70. The molecule has 1 atom stereocenters. The molecule has 0 radical (unpaired) electrons. The minimum Gasteiger partial charge on any atom is -0.486 e. The van der Waals surface area contributed by atoms with E-state index in [4.69, 9.17) is 9.84 Å². The first-order valence-corrected chi connectivity index (χ1v) is 8.86. The van der Waals surface area contributed by atoms with Crippen LogP contribution >= 0.6 is 0 Å². The Balaban J connectivity index is 1.84. The number of hydrogen-bond donors (Lipinski definition) is 2. The SMILES string of the molecule is CN1NC(=NCCO)C2=CC=C(c3ccccc3OCC(F)(F)C(F)(F)F)CC21. The van der Waals surface area contributed by atoms with Gasteiger partial charge in [0, 0.05) is 18.2 Å². The molecule has 10 heteroatoms. The number of ether oxygens (including phenoxy) is 1. The number of nitrogens with zero attached hydrogens (tertiary/aromatic N) is 2. The lowest BCUT2D eigenvalue weighted by molar-refractivity contribution is -0.290. The van der Waals surface area contributed by atoms with Crippen molar-refractivity contribution < 1.29 is 31.8 Å². The lowest BCUT2D eigenvalue weighted by Gasteiger charge is -2.25. The van der Waals surface area contributed by atoms with E-state index in [-0.39, 0.29) is 24.9 Å². The van der Waals surface area contributed by atoms with Crippen LogP contribution in [0.1, 0.15) is 12.0 Å². The number of amidine groups is 1. The molecule has 2 N–H and O–H groups in total. The number of aliphatic imine (C=N–C) groups is 1. The van der Waals surface area contributed by atoms with Gasteiger partial charge in [0.2, 0.25) is 0 Å². The predicted molar refractivity (Wildman–Crippen MR) is 97.7 cm³/mol. The molecule has 0 aromatic heterocycles. The maximum absolute atomic E-state index is 13.2. The summed E-state index contributed by atoms with van der Waals surface area (Å²) in [6.45, 7) is -1.62. The fraction of sp³-hybridized carbons (Fsp3) is 0.421. The van der Waals surface area contributed by atoms with Crippen LogP contribution in [0.3, 0.4) is 0 Å². The molecule has 5 nitrogen and oxygen atoms in total. The summed E-state index contributed by atoms with van der Waals surface area (Å²) >= 11 is 0. The lowest BCUT2D eigenvalue weighted by atomic mass is 9.89. The van der Waals surface area contributed by atoms with Crippen molar-refractivity contribution in [2.45, 2.75) is 24.6 Å². The first-order valence-electron chi connectivity index (χ1n) is 8.86. The molecular weight excluding hydrogens is 397 g/mol. The molecule has 1 fully saturated rings. The highest BCUT2D eigenvalue weighted by Crippen LogP contribution is 2.39. The number of hydrazine groups is 1. The summed E-state index contributed by atoms with van der Waals surface area (Å²) in [7, 11) is 1.81. The zero-order chi connectivity index (χ0) is 21.2. The maximum Gasteiger partial charge on any atom is 0.456 e. The van der Waals surface area contributed by atoms with E-state index >= 15 is 0 Å². The van der Waals surface area contributed by atoms with Crippen LogP contribution < -0.4 is 10.2 Å². The van der Waals surface area contributed by atoms with Gasteiger partial charge in [0.25, 0.3) is 0 Å². The molecule has 1 heterocycles. The Morgan fingerprint density at radius 1 is 1.21 bits per heavy atom. The van der Waals surface area contributed by atoms with Crippen molar-refractivity contribution in [2.24, 2.45) is 4.99 Å². The molecule has 1 unspecified atom stereocenters. The standard InChI is InChI=1S/C19H20F5N3O2/c1-27-15-10-12(6-7-14(15)17(26-27)25-8-9-28)13-4-2-3-5-16(13)29-11-18(20,21)19(22,23)24/h2-7,15,28H,8-11H2,1H3,(H,25,26). The number of rotatable bonds is 6. The van der Waals surface area contributed by atoms with Crippen molar-refractivity contribution in [3.05, 3.63) is 47.6 Å². The van der Waals surface area contributed by atoms with E-state index in [0.717, 1.165) is 11.1 Å². The van der Waals surface area contributed by atoms with Gasteiger partial charge in [-0.05, 0) is 18.1 Å². The molecule has 3 rings (SSSR count). The third-order valence-corrected chi connectivity index (χ3v) is 4.69. The van der Waals surface area contributed by atoms with Gasteiger partial charge in [-0.15, -0.1) is 0 Å². The van der Waals surface area contributed by atoms with Crippen molar-refractivity contribution in [1.82, 2.24) is 10.4 Å². The van der Waals surface area contributed by atoms with E-state index in [9.17, 15) is 22.0 Å². The lowest BCUT2D eigenvalue weighted by Crippen LogP contribution is -2.41. The van der Waals surface area contributed by atoms with E-state index in [1.54, 1.807) is 18.2 Å². The minimum absolute atomic E-state index is 0.0395. The molecule has 1 aliphatic heterocycles. The van der Waals surface area contributed by atoms with Crippen molar-refractivity contribution >= 4 is 11.4 Å². The van der Waals surface area contributed by atoms with Gasteiger partial charge in [0.15, 0.2) is 6.61 Å². The topological polar surface area (TPSA) is 57.1 Å². The number of halogens is 5. The summed E-state index contributed by atoms with van der Waals surface area (Å²) in [4.78, 5) is 4.27. The Bertz CT molecular complexity index is 848. The van der Waals surface area contributed by atoms with E-state index in [2.05, 4.69) is 10.4 Å². The number of hydrogen-bond acceptors (Lipinski definition) is 4. The Morgan fingerprint density at radius 3 is 2.62 bits per heavy atom. The number of benzene rings is 1. The van der Waals surface area contributed by atoms with Crippen molar-refractivity contribution in [2.75, 3.05) is 26.8 Å². The summed E-state index contributed by atoms with van der Waals surface area (Å²) < 4.78 is 68.6. The van der Waals surface area contributed by atoms with Crippen LogP contribution in [-0.2, 0) is 0 Å². The second-order valence-electron chi connectivity index (χ2n) is 6.70. The Labute approximate surface area is 164 Å². The fourth-order valence-electron chi connectivity index (χ4n) is 3.18. The summed E-state index contributed by atoms with van der Waals surface area (Å²) in [5.74, 6) is -4.35. The van der Waals surface area contributed by atoms with Crippen LogP contribution in [0.15, 0.2) is 47.0 Å². The highest BCUT2D eigenvalue weighted by Gasteiger charge is 2.58. The summed E-state index contributed by atoms with van der Waals surface area (Å²) in [6.07, 6.45) is -1.61. The average Bonchev–Trinajstić information content (AvgIpc) is 2.99. The Hall–Kier alpha value is -2.46. The van der Waals surface area contributed by atoms with Crippen LogP contribution in [0.5, 0.6) is 5.75 Å². The molecule has 0 amide bonds. The van der Waals surface area contributed by atoms with Gasteiger partial charge in [0.05, 0.1) is 19.2 Å². The number of aliphatic hydroxyl groups excluding tert-OH is 1.